The maximum absolute atomic E-state index is 12.5. The summed E-state index contributed by atoms with van der Waals surface area (Å²) < 4.78 is 1.04. The topological polar surface area (TPSA) is 87.5 Å². The largest absolute Gasteiger partial charge is 0.369 e. The van der Waals surface area contributed by atoms with Crippen molar-refractivity contribution in [1.29, 1.82) is 0 Å². The molecular weight excluding hydrogens is 384 g/mol. The number of carbonyl (C=O) groups excluding carboxylic acids is 2. The van der Waals surface area contributed by atoms with Crippen molar-refractivity contribution in [3.63, 3.8) is 0 Å². The van der Waals surface area contributed by atoms with Crippen molar-refractivity contribution in [3.8, 4) is 0 Å². The van der Waals surface area contributed by atoms with Crippen LogP contribution in [0.15, 0.2) is 28.7 Å². The molecule has 2 fully saturated rings. The van der Waals surface area contributed by atoms with E-state index in [1.54, 1.807) is 0 Å². The molecule has 136 valence electrons. The second kappa shape index (κ2) is 7.74. The van der Waals surface area contributed by atoms with Gasteiger partial charge in [-0.1, -0.05) is 28.1 Å². The van der Waals surface area contributed by atoms with Crippen LogP contribution < -0.4 is 16.4 Å². The second-order valence-corrected chi connectivity index (χ2v) is 7.97. The van der Waals surface area contributed by atoms with Gasteiger partial charge in [0.1, 0.15) is 0 Å². The Hall–Kier alpha value is -1.60. The molecule has 1 aliphatic carbocycles. The highest BCUT2D eigenvalue weighted by atomic mass is 79.9. The molecule has 25 heavy (non-hydrogen) atoms. The first-order valence-corrected chi connectivity index (χ1v) is 9.61. The van der Waals surface area contributed by atoms with Crippen LogP contribution in [0.5, 0.6) is 0 Å². The number of amides is 3. The monoisotopic (exact) mass is 408 g/mol. The van der Waals surface area contributed by atoms with E-state index >= 15 is 0 Å². The molecule has 1 aromatic carbocycles. The fourth-order valence-electron chi connectivity index (χ4n) is 3.68. The maximum atomic E-state index is 12.5. The summed E-state index contributed by atoms with van der Waals surface area (Å²) in [5.74, 6) is -0.300. The number of likely N-dealkylation sites (tertiary alicyclic amines) is 1. The van der Waals surface area contributed by atoms with Gasteiger partial charge in [-0.2, -0.15) is 0 Å². The van der Waals surface area contributed by atoms with Crippen LogP contribution in [-0.2, 0) is 10.3 Å². The number of rotatable bonds is 5. The number of halogens is 1. The van der Waals surface area contributed by atoms with E-state index in [2.05, 4.69) is 38.7 Å². The van der Waals surface area contributed by atoms with Crippen LogP contribution in [0.1, 0.15) is 37.7 Å². The van der Waals surface area contributed by atoms with Gasteiger partial charge in [0.05, 0.1) is 12.1 Å². The Kier molecular flexibility index (Phi) is 5.64. The van der Waals surface area contributed by atoms with Crippen molar-refractivity contribution < 1.29 is 9.59 Å². The summed E-state index contributed by atoms with van der Waals surface area (Å²) >= 11 is 3.46. The van der Waals surface area contributed by atoms with Crippen LogP contribution in [0.2, 0.25) is 0 Å². The third kappa shape index (κ3) is 4.52. The Morgan fingerprint density at radius 2 is 1.84 bits per heavy atom. The molecule has 0 spiro atoms. The van der Waals surface area contributed by atoms with Gasteiger partial charge >= 0.3 is 6.03 Å². The van der Waals surface area contributed by atoms with Gasteiger partial charge in [-0.25, -0.2) is 4.79 Å². The van der Waals surface area contributed by atoms with Crippen LogP contribution in [0.3, 0.4) is 0 Å². The van der Waals surface area contributed by atoms with Crippen molar-refractivity contribution in [3.05, 3.63) is 34.3 Å². The molecule has 3 amide bonds. The fraction of sp³-hybridized carbons (Fsp3) is 0.556. The number of nitrogens with zero attached hydrogens (tertiary/aromatic N) is 1. The first-order valence-electron chi connectivity index (χ1n) is 8.82. The van der Waals surface area contributed by atoms with Gasteiger partial charge in [0.25, 0.3) is 0 Å². The number of piperidine rings is 1. The molecule has 0 radical (unpaired) electrons. The lowest BCUT2D eigenvalue weighted by molar-refractivity contribution is -0.119. The molecule has 3 rings (SSSR count). The first-order chi connectivity index (χ1) is 12.0. The highest BCUT2D eigenvalue weighted by Crippen LogP contribution is 2.41. The minimum Gasteiger partial charge on any atom is -0.369 e. The van der Waals surface area contributed by atoms with Crippen molar-refractivity contribution in [2.45, 2.75) is 43.7 Å². The smallest absolute Gasteiger partial charge is 0.315 e. The SMILES string of the molecule is NC(=O)CN1CCC(NC(=O)NC2(c3ccc(Br)cc3)CCC2)CC1. The zero-order chi connectivity index (χ0) is 17.9. The summed E-state index contributed by atoms with van der Waals surface area (Å²) in [6.45, 7) is 1.86. The number of urea groups is 1. The Morgan fingerprint density at radius 1 is 1.20 bits per heavy atom. The number of benzene rings is 1. The van der Waals surface area contributed by atoms with E-state index in [-0.39, 0.29) is 23.5 Å². The molecule has 7 heteroatoms. The van der Waals surface area contributed by atoms with Gasteiger partial charge in [-0.15, -0.1) is 0 Å². The van der Waals surface area contributed by atoms with Crippen LogP contribution in [0, 0.1) is 0 Å². The van der Waals surface area contributed by atoms with Crippen LogP contribution >= 0.6 is 15.9 Å². The van der Waals surface area contributed by atoms with E-state index in [1.807, 2.05) is 17.0 Å². The number of carbonyl (C=O) groups is 2. The molecule has 1 saturated heterocycles. The number of hydrogen-bond acceptors (Lipinski definition) is 3. The summed E-state index contributed by atoms with van der Waals surface area (Å²) in [4.78, 5) is 25.5. The van der Waals surface area contributed by atoms with Gasteiger partial charge in [-0.05, 0) is 49.8 Å². The summed E-state index contributed by atoms with van der Waals surface area (Å²) in [7, 11) is 0. The summed E-state index contributed by atoms with van der Waals surface area (Å²) in [5, 5.41) is 6.30. The Morgan fingerprint density at radius 3 is 2.36 bits per heavy atom. The predicted molar refractivity (Wildman–Crippen MR) is 100.0 cm³/mol. The number of nitrogens with one attached hydrogen (secondary N) is 2. The number of hydrogen-bond donors (Lipinski definition) is 3. The van der Waals surface area contributed by atoms with Crippen LogP contribution in [-0.4, -0.2) is 42.5 Å². The minimum atomic E-state index is -0.300. The first kappa shape index (κ1) is 18.2. The molecule has 1 aliphatic heterocycles. The average Bonchev–Trinajstić information content (AvgIpc) is 2.53. The summed E-state index contributed by atoms with van der Waals surface area (Å²) in [6.07, 6.45) is 4.75. The molecule has 0 unspecified atom stereocenters. The molecule has 1 aromatic rings. The second-order valence-electron chi connectivity index (χ2n) is 7.06. The lowest BCUT2D eigenvalue weighted by Gasteiger charge is -2.43. The number of primary amides is 1. The van der Waals surface area contributed by atoms with E-state index in [4.69, 9.17) is 5.73 Å². The van der Waals surface area contributed by atoms with Gasteiger partial charge in [0.15, 0.2) is 0 Å². The maximum Gasteiger partial charge on any atom is 0.315 e. The highest BCUT2D eigenvalue weighted by Gasteiger charge is 2.40. The quantitative estimate of drug-likeness (QED) is 0.696. The molecule has 1 heterocycles. The average molecular weight is 409 g/mol. The number of nitrogens with two attached hydrogens (primary N) is 1. The molecule has 4 N–H and O–H groups in total. The zero-order valence-corrected chi connectivity index (χ0v) is 15.8. The van der Waals surface area contributed by atoms with E-state index in [0.717, 1.165) is 55.2 Å². The molecule has 0 bridgehead atoms. The van der Waals surface area contributed by atoms with E-state index in [9.17, 15) is 9.59 Å². The molecule has 6 nitrogen and oxygen atoms in total. The van der Waals surface area contributed by atoms with Gasteiger partial charge < -0.3 is 16.4 Å². The molecule has 0 aromatic heterocycles. The van der Waals surface area contributed by atoms with Crippen molar-refractivity contribution in [2.75, 3.05) is 19.6 Å². The predicted octanol–water partition coefficient (Wildman–Crippen LogP) is 2.08. The highest BCUT2D eigenvalue weighted by molar-refractivity contribution is 9.10. The third-order valence-corrected chi connectivity index (χ3v) is 5.79. The standard InChI is InChI=1S/C18H25BrN4O2/c19-14-4-2-13(3-5-14)18(8-1-9-18)22-17(25)21-15-6-10-23(11-7-15)12-16(20)24/h2-5,15H,1,6-12H2,(H2,20,24)(H2,21,22,25). The molecule has 2 aliphatic rings. The third-order valence-electron chi connectivity index (χ3n) is 5.26. The van der Waals surface area contributed by atoms with Gasteiger partial charge in [-0.3, -0.25) is 9.69 Å². The van der Waals surface area contributed by atoms with E-state index < -0.39 is 0 Å². The molecular formula is C18H25BrN4O2. The van der Waals surface area contributed by atoms with Crippen molar-refractivity contribution in [1.82, 2.24) is 15.5 Å². The summed E-state index contributed by atoms with van der Waals surface area (Å²) in [5.41, 5.74) is 6.15. The molecule has 1 saturated carbocycles. The van der Waals surface area contributed by atoms with Crippen LogP contribution in [0.4, 0.5) is 4.79 Å². The van der Waals surface area contributed by atoms with Crippen molar-refractivity contribution >= 4 is 27.9 Å². The minimum absolute atomic E-state index is 0.101. The lowest BCUT2D eigenvalue weighted by atomic mass is 9.72. The Labute approximate surface area is 156 Å². The fourth-order valence-corrected chi connectivity index (χ4v) is 3.94. The Balaban J connectivity index is 1.52. The zero-order valence-electron chi connectivity index (χ0n) is 14.3. The van der Waals surface area contributed by atoms with Gasteiger partial charge in [0.2, 0.25) is 5.91 Å². The van der Waals surface area contributed by atoms with Gasteiger partial charge in [0, 0.05) is 23.6 Å². The van der Waals surface area contributed by atoms with E-state index in [0.29, 0.717) is 6.54 Å². The van der Waals surface area contributed by atoms with E-state index in [1.165, 1.54) is 0 Å². The summed E-state index contributed by atoms with van der Waals surface area (Å²) in [6, 6.07) is 8.23. The van der Waals surface area contributed by atoms with Crippen LogP contribution in [0.25, 0.3) is 0 Å². The van der Waals surface area contributed by atoms with Crippen molar-refractivity contribution in [2.24, 2.45) is 5.73 Å². The normalized spacial score (nSPS) is 20.5. The molecule has 0 atom stereocenters. The lowest BCUT2D eigenvalue weighted by Crippen LogP contribution is -2.56. The Bertz CT molecular complexity index is 622.